The summed E-state index contributed by atoms with van der Waals surface area (Å²) in [6.07, 6.45) is 1.57. The van der Waals surface area contributed by atoms with Gasteiger partial charge < -0.3 is 5.11 Å². The fourth-order valence-corrected chi connectivity index (χ4v) is 2.04. The van der Waals surface area contributed by atoms with Gasteiger partial charge >= 0.3 is 11.9 Å². The molecule has 1 saturated carbocycles. The van der Waals surface area contributed by atoms with Crippen molar-refractivity contribution >= 4 is 17.6 Å². The number of alkyl halides is 2. The molecule has 86 valence electrons. The van der Waals surface area contributed by atoms with Crippen molar-refractivity contribution in [2.24, 2.45) is 0 Å². The van der Waals surface area contributed by atoms with Gasteiger partial charge in [-0.1, -0.05) is 23.7 Å². The molecule has 1 fully saturated rings. The molecule has 0 unspecified atom stereocenters. The lowest BCUT2D eigenvalue weighted by molar-refractivity contribution is -0.166. The average molecular weight is 247 g/mol. The minimum absolute atomic E-state index is 0.0195. The van der Waals surface area contributed by atoms with Gasteiger partial charge in [0.05, 0.1) is 0 Å². The third kappa shape index (κ3) is 1.78. The van der Waals surface area contributed by atoms with Crippen LogP contribution in [0.25, 0.3) is 0 Å². The van der Waals surface area contributed by atoms with E-state index in [1.165, 1.54) is 12.1 Å². The Balaban J connectivity index is 2.55. The van der Waals surface area contributed by atoms with Crippen LogP contribution in [0.4, 0.5) is 8.78 Å². The molecule has 0 saturated heterocycles. The van der Waals surface area contributed by atoms with Crippen LogP contribution in [0.15, 0.2) is 18.2 Å². The summed E-state index contributed by atoms with van der Waals surface area (Å²) in [5.74, 6) is -6.03. The highest BCUT2D eigenvalue weighted by molar-refractivity contribution is 6.31. The number of benzene rings is 1. The molecule has 1 aliphatic carbocycles. The van der Waals surface area contributed by atoms with Crippen molar-refractivity contribution in [3.8, 4) is 0 Å². The first kappa shape index (κ1) is 11.3. The van der Waals surface area contributed by atoms with Crippen molar-refractivity contribution in [2.45, 2.75) is 24.7 Å². The van der Waals surface area contributed by atoms with Gasteiger partial charge in [0.2, 0.25) is 0 Å². The fourth-order valence-electron chi connectivity index (χ4n) is 1.71. The third-order valence-corrected chi connectivity index (χ3v) is 2.97. The van der Waals surface area contributed by atoms with Gasteiger partial charge in [0, 0.05) is 10.6 Å². The number of halogens is 3. The highest BCUT2D eigenvalue weighted by atomic mass is 35.5. The number of carboxylic acid groups (broad SMARTS) is 1. The summed E-state index contributed by atoms with van der Waals surface area (Å²) >= 11 is 5.85. The van der Waals surface area contributed by atoms with E-state index in [4.69, 9.17) is 16.7 Å². The van der Waals surface area contributed by atoms with Gasteiger partial charge in [0.1, 0.15) is 0 Å². The van der Waals surface area contributed by atoms with Crippen molar-refractivity contribution in [3.63, 3.8) is 0 Å². The highest BCUT2D eigenvalue weighted by Crippen LogP contribution is 2.48. The van der Waals surface area contributed by atoms with E-state index >= 15 is 0 Å². The smallest absolute Gasteiger partial charge is 0.379 e. The molecule has 1 aliphatic rings. The molecule has 0 radical (unpaired) electrons. The van der Waals surface area contributed by atoms with Gasteiger partial charge in [0.15, 0.2) is 0 Å². The Kier molecular flexibility index (Phi) is 2.62. The summed E-state index contributed by atoms with van der Waals surface area (Å²) in [5, 5.41) is 8.74. The maximum absolute atomic E-state index is 13.4. The summed E-state index contributed by atoms with van der Waals surface area (Å²) in [6.45, 7) is 0. The van der Waals surface area contributed by atoms with E-state index in [2.05, 4.69) is 0 Å². The molecular formula is C11H9ClF2O2. The zero-order valence-electron chi connectivity index (χ0n) is 8.21. The number of carbonyl (C=O) groups is 1. The Morgan fingerprint density at radius 3 is 2.56 bits per heavy atom. The number of aliphatic carboxylic acids is 1. The van der Waals surface area contributed by atoms with E-state index in [-0.39, 0.29) is 16.5 Å². The van der Waals surface area contributed by atoms with Crippen LogP contribution in [0, 0.1) is 0 Å². The van der Waals surface area contributed by atoms with Crippen LogP contribution in [0.2, 0.25) is 5.02 Å². The lowest BCUT2D eigenvalue weighted by Crippen LogP contribution is -2.26. The molecule has 1 N–H and O–H groups in total. The number of hydrogen-bond donors (Lipinski definition) is 1. The van der Waals surface area contributed by atoms with Crippen molar-refractivity contribution in [2.75, 3.05) is 0 Å². The Hall–Kier alpha value is -1.16. The van der Waals surface area contributed by atoms with Gasteiger partial charge in [-0.15, -0.1) is 0 Å². The first-order valence-electron chi connectivity index (χ1n) is 4.84. The molecule has 0 atom stereocenters. The largest absolute Gasteiger partial charge is 0.477 e. The molecule has 2 rings (SSSR count). The van der Waals surface area contributed by atoms with E-state index < -0.39 is 17.5 Å². The van der Waals surface area contributed by atoms with Crippen LogP contribution in [-0.4, -0.2) is 11.1 Å². The average Bonchev–Trinajstić information content (AvgIpc) is 3.00. The molecule has 1 aromatic carbocycles. The molecule has 1 aromatic rings. The molecule has 0 aromatic heterocycles. The van der Waals surface area contributed by atoms with Gasteiger partial charge in [-0.3, -0.25) is 0 Å². The van der Waals surface area contributed by atoms with Crippen molar-refractivity contribution < 1.29 is 18.7 Å². The Bertz CT molecular complexity index is 442. The molecule has 0 aliphatic heterocycles. The monoisotopic (exact) mass is 246 g/mol. The Labute approximate surface area is 95.8 Å². The van der Waals surface area contributed by atoms with E-state index in [9.17, 15) is 13.6 Å². The molecule has 5 heteroatoms. The predicted octanol–water partition coefficient (Wildman–Crippen LogP) is 3.39. The van der Waals surface area contributed by atoms with Crippen LogP contribution in [-0.2, 0) is 10.7 Å². The Morgan fingerprint density at radius 2 is 2.06 bits per heavy atom. The molecular weight excluding hydrogens is 238 g/mol. The lowest BCUT2D eigenvalue weighted by Gasteiger charge is -2.16. The van der Waals surface area contributed by atoms with Crippen LogP contribution in [0.3, 0.4) is 0 Å². The van der Waals surface area contributed by atoms with Gasteiger partial charge in [-0.2, -0.15) is 8.78 Å². The first-order chi connectivity index (χ1) is 7.44. The SMILES string of the molecule is O=C(O)C(F)(F)c1cccc(Cl)c1C1CC1. The third-order valence-electron chi connectivity index (χ3n) is 2.65. The zero-order valence-corrected chi connectivity index (χ0v) is 8.97. The molecule has 0 spiro atoms. The molecule has 16 heavy (non-hydrogen) atoms. The summed E-state index contributed by atoms with van der Waals surface area (Å²) in [6, 6.07) is 3.99. The normalized spacial score (nSPS) is 16.2. The number of rotatable bonds is 3. The topological polar surface area (TPSA) is 37.3 Å². The summed E-state index contributed by atoms with van der Waals surface area (Å²) in [4.78, 5) is 10.5. The van der Waals surface area contributed by atoms with Gasteiger partial charge in [-0.05, 0) is 30.4 Å². The van der Waals surface area contributed by atoms with E-state index in [0.717, 1.165) is 18.9 Å². The first-order valence-corrected chi connectivity index (χ1v) is 5.22. The second-order valence-corrected chi connectivity index (χ2v) is 4.26. The van der Waals surface area contributed by atoms with E-state index in [1.54, 1.807) is 0 Å². The minimum atomic E-state index is -3.87. The second-order valence-electron chi connectivity index (χ2n) is 3.85. The van der Waals surface area contributed by atoms with Crippen LogP contribution in [0.1, 0.15) is 29.9 Å². The number of hydrogen-bond acceptors (Lipinski definition) is 1. The predicted molar refractivity (Wildman–Crippen MR) is 55.0 cm³/mol. The maximum Gasteiger partial charge on any atom is 0.379 e. The Morgan fingerprint density at radius 1 is 1.44 bits per heavy atom. The van der Waals surface area contributed by atoms with Crippen LogP contribution < -0.4 is 0 Å². The highest BCUT2D eigenvalue weighted by Gasteiger charge is 2.45. The summed E-state index contributed by atoms with van der Waals surface area (Å²) < 4.78 is 26.9. The van der Waals surface area contributed by atoms with Gasteiger partial charge in [-0.25, -0.2) is 4.79 Å². The van der Waals surface area contributed by atoms with Crippen LogP contribution >= 0.6 is 11.6 Å². The van der Waals surface area contributed by atoms with E-state index in [0.29, 0.717) is 0 Å². The standard InChI is InChI=1S/C11H9ClF2O2/c12-8-3-1-2-7(9(8)6-4-5-6)11(13,14)10(15)16/h1-3,6H,4-5H2,(H,15,16). The van der Waals surface area contributed by atoms with Crippen LogP contribution in [0.5, 0.6) is 0 Å². The maximum atomic E-state index is 13.4. The van der Waals surface area contributed by atoms with E-state index in [1.807, 2.05) is 0 Å². The molecule has 2 nitrogen and oxygen atoms in total. The zero-order chi connectivity index (χ0) is 11.9. The minimum Gasteiger partial charge on any atom is -0.477 e. The lowest BCUT2D eigenvalue weighted by atomic mass is 9.98. The van der Waals surface area contributed by atoms with Crippen molar-refractivity contribution in [3.05, 3.63) is 34.3 Å². The number of carboxylic acids is 1. The molecule has 0 heterocycles. The van der Waals surface area contributed by atoms with Crippen molar-refractivity contribution in [1.82, 2.24) is 0 Å². The van der Waals surface area contributed by atoms with Crippen molar-refractivity contribution in [1.29, 1.82) is 0 Å². The quantitative estimate of drug-likeness (QED) is 0.888. The fraction of sp³-hybridized carbons (Fsp3) is 0.364. The summed E-state index contributed by atoms with van der Waals surface area (Å²) in [5.41, 5.74) is -0.188. The summed E-state index contributed by atoms with van der Waals surface area (Å²) in [7, 11) is 0. The van der Waals surface area contributed by atoms with Gasteiger partial charge in [0.25, 0.3) is 0 Å². The second kappa shape index (κ2) is 3.70. The molecule has 0 bridgehead atoms. The molecule has 0 amide bonds.